The molecular weight excluding hydrogens is 250 g/mol. The minimum absolute atomic E-state index is 0.147. The van der Waals surface area contributed by atoms with Crippen LogP contribution in [-0.4, -0.2) is 14.5 Å². The van der Waals surface area contributed by atoms with Gasteiger partial charge in [0.1, 0.15) is 12.1 Å². The zero-order valence-electron chi connectivity index (χ0n) is 10.5. The number of rotatable bonds is 2. The van der Waals surface area contributed by atoms with Gasteiger partial charge in [-0.1, -0.05) is 24.3 Å². The summed E-state index contributed by atoms with van der Waals surface area (Å²) in [5.41, 5.74) is 2.14. The van der Waals surface area contributed by atoms with E-state index in [-0.39, 0.29) is 11.4 Å². The van der Waals surface area contributed by atoms with Crippen molar-refractivity contribution in [2.45, 2.75) is 6.54 Å². The molecule has 1 aromatic carbocycles. The fourth-order valence-electron chi connectivity index (χ4n) is 2.07. The second-order valence-corrected chi connectivity index (χ2v) is 4.29. The van der Waals surface area contributed by atoms with E-state index in [0.717, 1.165) is 16.6 Å². The molecule has 5 heteroatoms. The number of aromatic nitrogens is 3. The molecule has 2 aromatic heterocycles. The summed E-state index contributed by atoms with van der Waals surface area (Å²) in [7, 11) is 0. The summed E-state index contributed by atoms with van der Waals surface area (Å²) >= 11 is 0. The molecule has 0 unspecified atom stereocenters. The predicted molar refractivity (Wildman–Crippen MR) is 72.5 cm³/mol. The summed E-state index contributed by atoms with van der Waals surface area (Å²) in [6.45, 7) is 0.419. The summed E-state index contributed by atoms with van der Waals surface area (Å²) < 4.78 is 1.63. The third-order valence-corrected chi connectivity index (χ3v) is 3.04. The first-order valence-electron chi connectivity index (χ1n) is 6.02. The Kier molecular flexibility index (Phi) is 2.87. The average Bonchev–Trinajstić information content (AvgIpc) is 2.89. The Labute approximate surface area is 115 Å². The molecule has 0 N–H and O–H groups in total. The van der Waals surface area contributed by atoms with Crippen LogP contribution in [-0.2, 0) is 6.54 Å². The van der Waals surface area contributed by atoms with Gasteiger partial charge in [-0.3, -0.25) is 4.98 Å². The fourth-order valence-corrected chi connectivity index (χ4v) is 2.07. The molecule has 20 heavy (non-hydrogen) atoms. The molecule has 0 radical (unpaired) electrons. The van der Waals surface area contributed by atoms with Crippen LogP contribution < -0.4 is 0 Å². The first-order chi connectivity index (χ1) is 9.81. The summed E-state index contributed by atoms with van der Waals surface area (Å²) in [6.07, 6.45) is 1.49. The summed E-state index contributed by atoms with van der Waals surface area (Å²) in [5.74, 6) is 0. The van der Waals surface area contributed by atoms with E-state index in [0.29, 0.717) is 6.54 Å². The van der Waals surface area contributed by atoms with Crippen LogP contribution in [0.2, 0.25) is 0 Å². The fraction of sp³-hybridized carbons (Fsp3) is 0.0667. The topological polar surface area (TPSA) is 78.3 Å². The van der Waals surface area contributed by atoms with E-state index in [4.69, 9.17) is 10.5 Å². The minimum atomic E-state index is 0.147. The van der Waals surface area contributed by atoms with Gasteiger partial charge in [0.2, 0.25) is 0 Å². The lowest BCUT2D eigenvalue weighted by atomic mass is 10.2. The van der Waals surface area contributed by atoms with Gasteiger partial charge in [-0.05, 0) is 12.1 Å². The zero-order chi connectivity index (χ0) is 13.9. The Morgan fingerprint density at radius 1 is 1.05 bits per heavy atom. The van der Waals surface area contributed by atoms with Crippen molar-refractivity contribution >= 4 is 10.9 Å². The number of para-hydroxylation sites is 1. The minimum Gasteiger partial charge on any atom is -0.315 e. The Balaban J connectivity index is 2.00. The number of fused-ring (bicyclic) bond motifs is 1. The molecule has 0 amide bonds. The highest BCUT2D eigenvalue weighted by molar-refractivity contribution is 5.78. The van der Waals surface area contributed by atoms with Crippen LogP contribution in [0.1, 0.15) is 17.1 Å². The van der Waals surface area contributed by atoms with E-state index in [1.54, 1.807) is 4.57 Å². The van der Waals surface area contributed by atoms with Gasteiger partial charge in [0.25, 0.3) is 0 Å². The van der Waals surface area contributed by atoms with E-state index < -0.39 is 0 Å². The molecule has 3 rings (SSSR count). The number of imidazole rings is 1. The van der Waals surface area contributed by atoms with Gasteiger partial charge in [0.05, 0.1) is 24.1 Å². The highest BCUT2D eigenvalue weighted by atomic mass is 15.1. The van der Waals surface area contributed by atoms with E-state index >= 15 is 0 Å². The van der Waals surface area contributed by atoms with Gasteiger partial charge in [0.15, 0.2) is 11.4 Å². The monoisotopic (exact) mass is 259 g/mol. The number of hydrogen-bond donors (Lipinski definition) is 0. The Bertz CT molecular complexity index is 864. The van der Waals surface area contributed by atoms with Gasteiger partial charge < -0.3 is 4.57 Å². The van der Waals surface area contributed by atoms with Crippen molar-refractivity contribution in [2.75, 3.05) is 0 Å². The van der Waals surface area contributed by atoms with Crippen molar-refractivity contribution in [1.29, 1.82) is 10.5 Å². The number of pyridine rings is 1. The van der Waals surface area contributed by atoms with Crippen LogP contribution >= 0.6 is 0 Å². The van der Waals surface area contributed by atoms with Crippen LogP contribution in [0.5, 0.6) is 0 Å². The van der Waals surface area contributed by atoms with Crippen molar-refractivity contribution in [1.82, 2.24) is 14.5 Å². The number of nitrogens with zero attached hydrogens (tertiary/aromatic N) is 5. The molecule has 5 nitrogen and oxygen atoms in total. The molecule has 0 saturated carbocycles. The summed E-state index contributed by atoms with van der Waals surface area (Å²) in [4.78, 5) is 8.46. The lowest BCUT2D eigenvalue weighted by molar-refractivity contribution is 0.766. The highest BCUT2D eigenvalue weighted by Crippen LogP contribution is 2.14. The quantitative estimate of drug-likeness (QED) is 0.706. The number of nitriles is 2. The van der Waals surface area contributed by atoms with Gasteiger partial charge in [0, 0.05) is 5.39 Å². The maximum absolute atomic E-state index is 9.09. The second kappa shape index (κ2) is 4.83. The maximum Gasteiger partial charge on any atom is 0.176 e. The van der Waals surface area contributed by atoms with Crippen molar-refractivity contribution < 1.29 is 0 Å². The molecule has 0 atom stereocenters. The predicted octanol–water partition coefficient (Wildman–Crippen LogP) is 2.22. The maximum atomic E-state index is 9.09. The van der Waals surface area contributed by atoms with E-state index in [1.165, 1.54) is 6.33 Å². The highest BCUT2D eigenvalue weighted by Gasteiger charge is 2.10. The van der Waals surface area contributed by atoms with Gasteiger partial charge in [-0.15, -0.1) is 0 Å². The Hall–Kier alpha value is -3.18. The molecule has 94 valence electrons. The summed E-state index contributed by atoms with van der Waals surface area (Å²) in [6, 6.07) is 15.7. The standard InChI is InChI=1S/C15H9N5/c16-7-14-15(8-17)20(10-18-14)9-12-6-5-11-3-1-2-4-13(11)19-12/h1-6,10H,9H2. The first kappa shape index (κ1) is 11.9. The van der Waals surface area contributed by atoms with Crippen LogP contribution in [0.15, 0.2) is 42.7 Å². The molecular formula is C15H9N5. The SMILES string of the molecule is N#Cc1ncn(Cc2ccc3ccccc3n2)c1C#N. The first-order valence-corrected chi connectivity index (χ1v) is 6.02. The van der Waals surface area contributed by atoms with Gasteiger partial charge in [-0.2, -0.15) is 10.5 Å². The van der Waals surface area contributed by atoms with Crippen LogP contribution in [0.4, 0.5) is 0 Å². The van der Waals surface area contributed by atoms with Gasteiger partial charge >= 0.3 is 0 Å². The van der Waals surface area contributed by atoms with Crippen molar-refractivity contribution in [3.8, 4) is 12.1 Å². The third-order valence-electron chi connectivity index (χ3n) is 3.04. The average molecular weight is 259 g/mol. The van der Waals surface area contributed by atoms with E-state index in [9.17, 15) is 0 Å². The molecule has 0 fully saturated rings. The Morgan fingerprint density at radius 2 is 1.90 bits per heavy atom. The number of benzene rings is 1. The van der Waals surface area contributed by atoms with Crippen LogP contribution in [0.3, 0.4) is 0 Å². The Morgan fingerprint density at radius 3 is 2.70 bits per heavy atom. The zero-order valence-corrected chi connectivity index (χ0v) is 10.5. The molecule has 0 saturated heterocycles. The molecule has 3 aromatic rings. The molecule has 0 aliphatic heterocycles. The smallest absolute Gasteiger partial charge is 0.176 e. The van der Waals surface area contributed by atoms with Crippen LogP contribution in [0.25, 0.3) is 10.9 Å². The largest absolute Gasteiger partial charge is 0.315 e. The van der Waals surface area contributed by atoms with E-state index in [2.05, 4.69) is 9.97 Å². The molecule has 0 aliphatic carbocycles. The van der Waals surface area contributed by atoms with Crippen molar-refractivity contribution in [3.63, 3.8) is 0 Å². The molecule has 0 bridgehead atoms. The van der Waals surface area contributed by atoms with Gasteiger partial charge in [-0.25, -0.2) is 4.98 Å². The molecule has 0 aliphatic rings. The van der Waals surface area contributed by atoms with Crippen molar-refractivity contribution in [3.05, 3.63) is 59.8 Å². The number of hydrogen-bond acceptors (Lipinski definition) is 4. The third kappa shape index (κ3) is 1.98. The second-order valence-electron chi connectivity index (χ2n) is 4.29. The molecule has 2 heterocycles. The lowest BCUT2D eigenvalue weighted by Crippen LogP contribution is -2.03. The van der Waals surface area contributed by atoms with Crippen LogP contribution in [0, 0.1) is 22.7 Å². The van der Waals surface area contributed by atoms with E-state index in [1.807, 2.05) is 48.5 Å². The summed E-state index contributed by atoms with van der Waals surface area (Å²) in [5, 5.41) is 19.0. The molecule has 0 spiro atoms. The van der Waals surface area contributed by atoms with Crippen molar-refractivity contribution in [2.24, 2.45) is 0 Å². The normalized spacial score (nSPS) is 10.1. The lowest BCUT2D eigenvalue weighted by Gasteiger charge is -2.05.